The van der Waals surface area contributed by atoms with Crippen LogP contribution in [0.1, 0.15) is 32.1 Å². The van der Waals surface area contributed by atoms with Crippen LogP contribution in [0, 0.1) is 5.92 Å². The molecule has 10 heteroatoms. The number of para-hydroxylation sites is 1. The van der Waals surface area contributed by atoms with Crippen LogP contribution in [-0.2, 0) is 4.79 Å². The van der Waals surface area contributed by atoms with Gasteiger partial charge < -0.3 is 15.2 Å². The van der Waals surface area contributed by atoms with Gasteiger partial charge in [0.15, 0.2) is 0 Å². The molecule has 0 saturated heterocycles. The number of hydrogen-bond acceptors (Lipinski definition) is 8. The van der Waals surface area contributed by atoms with Crippen molar-refractivity contribution in [3.8, 4) is 17.3 Å². The van der Waals surface area contributed by atoms with E-state index in [0.29, 0.717) is 49.5 Å². The van der Waals surface area contributed by atoms with Crippen LogP contribution < -0.4 is 20.3 Å². The third-order valence-corrected chi connectivity index (χ3v) is 8.31. The van der Waals surface area contributed by atoms with Crippen molar-refractivity contribution >= 4 is 44.3 Å². The summed E-state index contributed by atoms with van der Waals surface area (Å²) < 4.78 is 7.84. The summed E-state index contributed by atoms with van der Waals surface area (Å²) in [6, 6.07) is 14.7. The highest BCUT2D eigenvalue weighted by molar-refractivity contribution is 7.17. The zero-order valence-corrected chi connectivity index (χ0v) is 22.4. The molecule has 6 rings (SSSR count). The van der Waals surface area contributed by atoms with Gasteiger partial charge in [-0.3, -0.25) is 4.79 Å². The zero-order chi connectivity index (χ0) is 27.6. The van der Waals surface area contributed by atoms with Crippen LogP contribution in [0.2, 0.25) is 0 Å². The number of carbonyl (C=O) groups is 1. The molecule has 4 heterocycles. The van der Waals surface area contributed by atoms with Crippen LogP contribution in [0.3, 0.4) is 0 Å². The van der Waals surface area contributed by atoms with Gasteiger partial charge in [0, 0.05) is 18.7 Å². The Labute approximate surface area is 233 Å². The average molecular weight is 554 g/mol. The number of nitrogens with zero attached hydrogens (tertiary/aromatic N) is 4. The lowest BCUT2D eigenvalue weighted by Crippen LogP contribution is -2.37. The van der Waals surface area contributed by atoms with Gasteiger partial charge in [-0.25, -0.2) is 19.3 Å². The zero-order valence-electron chi connectivity index (χ0n) is 21.6. The number of thiophene rings is 1. The van der Waals surface area contributed by atoms with Gasteiger partial charge in [-0.15, -0.1) is 11.3 Å². The fourth-order valence-corrected chi connectivity index (χ4v) is 6.43. The number of amides is 1. The Morgan fingerprint density at radius 2 is 2.00 bits per heavy atom. The van der Waals surface area contributed by atoms with Crippen LogP contribution in [0.15, 0.2) is 78.4 Å². The van der Waals surface area contributed by atoms with E-state index in [9.17, 15) is 14.7 Å². The summed E-state index contributed by atoms with van der Waals surface area (Å²) in [6.07, 6.45) is 8.52. The van der Waals surface area contributed by atoms with Crippen LogP contribution >= 0.6 is 11.3 Å². The first-order valence-electron chi connectivity index (χ1n) is 13.1. The van der Waals surface area contributed by atoms with Gasteiger partial charge in [-0.05, 0) is 61.6 Å². The minimum absolute atomic E-state index is 0.0582. The number of aliphatic hydroxyl groups excluding tert-OH is 1. The maximum absolute atomic E-state index is 13.3. The number of pyridine rings is 2. The van der Waals surface area contributed by atoms with E-state index in [1.807, 2.05) is 30.3 Å². The molecule has 4 aromatic heterocycles. The van der Waals surface area contributed by atoms with Crippen LogP contribution in [0.5, 0.6) is 11.5 Å². The maximum Gasteiger partial charge on any atom is 0.354 e. The second-order valence-electron chi connectivity index (χ2n) is 9.88. The lowest BCUT2D eigenvalue weighted by atomic mass is 9.83. The van der Waals surface area contributed by atoms with Gasteiger partial charge in [0.1, 0.15) is 33.4 Å². The van der Waals surface area contributed by atoms with Gasteiger partial charge in [0.2, 0.25) is 5.91 Å². The van der Waals surface area contributed by atoms with E-state index in [1.165, 1.54) is 22.0 Å². The number of aromatic nitrogens is 4. The summed E-state index contributed by atoms with van der Waals surface area (Å²) in [4.78, 5) is 39.1. The molecular formula is C30H27N5O4S. The fraction of sp³-hybridized carbons (Fsp3) is 0.233. The Morgan fingerprint density at radius 1 is 1.15 bits per heavy atom. The van der Waals surface area contributed by atoms with Crippen molar-refractivity contribution in [2.75, 3.05) is 0 Å². The summed E-state index contributed by atoms with van der Waals surface area (Å²) in [5, 5.41) is 14.9. The summed E-state index contributed by atoms with van der Waals surface area (Å²) in [5.74, 6) is 1.85. The van der Waals surface area contributed by atoms with E-state index >= 15 is 0 Å². The number of carbonyl (C=O) groups excluding carboxylic acids is 1. The number of benzene rings is 1. The monoisotopic (exact) mass is 553 g/mol. The Bertz CT molecular complexity index is 1810. The number of aliphatic hydroxyl groups is 1. The Balaban J connectivity index is 1.34. The van der Waals surface area contributed by atoms with Crippen molar-refractivity contribution in [2.45, 2.75) is 38.1 Å². The van der Waals surface area contributed by atoms with Crippen LogP contribution in [-0.4, -0.2) is 36.6 Å². The SMILES string of the molecule is C=CC(=O)N[C@@H]1CCC[C@@H](C/C(O)=c2/sc3nccc4c3c2nc(=O)n4-c2ccc(Oc3ccccc3)cn2)C1. The lowest BCUT2D eigenvalue weighted by Gasteiger charge is -2.29. The molecule has 1 aliphatic rings. The second-order valence-corrected chi connectivity index (χ2v) is 10.9. The Morgan fingerprint density at radius 3 is 2.77 bits per heavy atom. The largest absolute Gasteiger partial charge is 0.511 e. The second kappa shape index (κ2) is 10.9. The van der Waals surface area contributed by atoms with E-state index in [4.69, 9.17) is 4.74 Å². The molecule has 0 unspecified atom stereocenters. The summed E-state index contributed by atoms with van der Waals surface area (Å²) in [5.41, 5.74) is 0.559. The summed E-state index contributed by atoms with van der Waals surface area (Å²) >= 11 is 1.32. The van der Waals surface area contributed by atoms with Crippen LogP contribution in [0.4, 0.5) is 0 Å². The molecule has 2 atom stereocenters. The fourth-order valence-electron chi connectivity index (χ4n) is 5.37. The Kier molecular flexibility index (Phi) is 7.00. The highest BCUT2D eigenvalue weighted by Crippen LogP contribution is 2.31. The van der Waals surface area contributed by atoms with E-state index in [-0.39, 0.29) is 23.6 Å². The van der Waals surface area contributed by atoms with Crippen molar-refractivity contribution in [3.05, 3.63) is 88.6 Å². The first-order chi connectivity index (χ1) is 19.5. The first-order valence-corrected chi connectivity index (χ1v) is 14.0. The smallest absolute Gasteiger partial charge is 0.354 e. The van der Waals surface area contributed by atoms with Gasteiger partial charge in [0.05, 0.1) is 21.6 Å². The van der Waals surface area contributed by atoms with Crippen molar-refractivity contribution in [1.29, 1.82) is 0 Å². The van der Waals surface area contributed by atoms with Gasteiger partial charge >= 0.3 is 5.69 Å². The number of ether oxygens (including phenoxy) is 1. The molecular weight excluding hydrogens is 526 g/mol. The van der Waals surface area contributed by atoms with Gasteiger partial charge in [-0.1, -0.05) is 31.2 Å². The van der Waals surface area contributed by atoms with E-state index in [1.54, 1.807) is 30.6 Å². The summed E-state index contributed by atoms with van der Waals surface area (Å²) in [7, 11) is 0. The molecule has 1 saturated carbocycles. The lowest BCUT2D eigenvalue weighted by molar-refractivity contribution is -0.117. The molecule has 5 aromatic rings. The molecule has 1 aromatic carbocycles. The van der Waals surface area contributed by atoms with Crippen molar-refractivity contribution in [2.24, 2.45) is 5.92 Å². The summed E-state index contributed by atoms with van der Waals surface area (Å²) in [6.45, 7) is 3.52. The molecule has 1 aliphatic carbocycles. The topological polar surface area (TPSA) is 119 Å². The van der Waals surface area contributed by atoms with E-state index in [0.717, 1.165) is 25.7 Å². The molecule has 202 valence electrons. The number of rotatable bonds is 7. The van der Waals surface area contributed by atoms with E-state index in [2.05, 4.69) is 26.8 Å². The third kappa shape index (κ3) is 5.05. The Hall–Kier alpha value is -4.57. The molecule has 1 amide bonds. The highest BCUT2D eigenvalue weighted by atomic mass is 32.1. The predicted molar refractivity (Wildman–Crippen MR) is 155 cm³/mol. The van der Waals surface area contributed by atoms with Gasteiger partial charge in [-0.2, -0.15) is 4.98 Å². The number of nitrogens with one attached hydrogen (secondary N) is 1. The van der Waals surface area contributed by atoms with Gasteiger partial charge in [0.25, 0.3) is 0 Å². The number of hydrogen-bond donors (Lipinski definition) is 2. The van der Waals surface area contributed by atoms with Crippen molar-refractivity contribution in [1.82, 2.24) is 24.8 Å². The molecule has 0 aliphatic heterocycles. The average Bonchev–Trinajstić information content (AvgIpc) is 3.34. The highest BCUT2D eigenvalue weighted by Gasteiger charge is 2.25. The standard InChI is InChI=1S/C30H27N5O4S/c1-2-25(37)33-19-8-6-7-18(15-19)16-23(36)28-27-26-22(13-14-31-29(26)40-28)35(30(38)34-27)24-12-11-21(17-32-24)39-20-9-4-3-5-10-20/h2-5,9-14,17-19,36H,1,6-8,15-16H2,(H,33,37)/b28-23-/t18-,19-/m1/s1. The molecule has 0 radical (unpaired) electrons. The quantitative estimate of drug-likeness (QED) is 0.277. The van der Waals surface area contributed by atoms with E-state index < -0.39 is 5.69 Å². The molecule has 1 fully saturated rings. The first kappa shape index (κ1) is 25.7. The minimum Gasteiger partial charge on any atom is -0.511 e. The third-order valence-electron chi connectivity index (χ3n) is 7.17. The van der Waals surface area contributed by atoms with Crippen LogP contribution in [0.25, 0.3) is 32.8 Å². The maximum atomic E-state index is 13.3. The molecule has 40 heavy (non-hydrogen) atoms. The minimum atomic E-state index is -0.499. The molecule has 9 nitrogen and oxygen atoms in total. The van der Waals surface area contributed by atoms with Crippen molar-refractivity contribution < 1.29 is 14.6 Å². The molecule has 0 spiro atoms. The predicted octanol–water partition coefficient (Wildman–Crippen LogP) is 4.82. The molecule has 0 bridgehead atoms. The normalized spacial score (nSPS) is 18.0. The van der Waals surface area contributed by atoms with Crippen molar-refractivity contribution in [3.63, 3.8) is 0 Å². The molecule has 2 N–H and O–H groups in total.